The summed E-state index contributed by atoms with van der Waals surface area (Å²) in [7, 11) is 0. The molecule has 3 heterocycles. The standard InChI is InChI=1S/C14H15ClN4S/c1-10-3-6-16-14-13(10)18-12(2-5-15)19(14)7-4-11-8-20-9-17-11/h3,6,8-9H,2,4-5,7H2,1H3. The van der Waals surface area contributed by atoms with Gasteiger partial charge in [0.15, 0.2) is 5.65 Å². The Morgan fingerprint density at radius 2 is 2.20 bits per heavy atom. The van der Waals surface area contributed by atoms with Crippen LogP contribution in [0.4, 0.5) is 0 Å². The highest BCUT2D eigenvalue weighted by atomic mass is 35.5. The van der Waals surface area contributed by atoms with Crippen molar-refractivity contribution in [1.29, 1.82) is 0 Å². The van der Waals surface area contributed by atoms with Crippen molar-refractivity contribution < 1.29 is 0 Å². The number of aryl methyl sites for hydroxylation is 4. The number of alkyl halides is 1. The summed E-state index contributed by atoms with van der Waals surface area (Å²) in [5.74, 6) is 1.58. The number of thiazole rings is 1. The maximum absolute atomic E-state index is 5.89. The molecule has 3 aromatic heterocycles. The van der Waals surface area contributed by atoms with E-state index < -0.39 is 0 Å². The zero-order chi connectivity index (χ0) is 13.9. The fourth-order valence-electron chi connectivity index (χ4n) is 2.28. The van der Waals surface area contributed by atoms with Gasteiger partial charge in [0.1, 0.15) is 11.3 Å². The van der Waals surface area contributed by atoms with Gasteiger partial charge in [-0.15, -0.1) is 22.9 Å². The Bertz CT molecular complexity index is 705. The third-order valence-electron chi connectivity index (χ3n) is 3.31. The Kier molecular flexibility index (Phi) is 3.98. The van der Waals surface area contributed by atoms with E-state index in [2.05, 4.69) is 26.8 Å². The van der Waals surface area contributed by atoms with Crippen molar-refractivity contribution in [3.8, 4) is 0 Å². The van der Waals surface area contributed by atoms with Gasteiger partial charge in [-0.05, 0) is 18.6 Å². The monoisotopic (exact) mass is 306 g/mol. The molecular weight excluding hydrogens is 292 g/mol. The van der Waals surface area contributed by atoms with Crippen LogP contribution < -0.4 is 0 Å². The SMILES string of the molecule is Cc1ccnc2c1nc(CCCl)n2CCc1cscn1. The van der Waals surface area contributed by atoms with Crippen LogP contribution in [0.2, 0.25) is 0 Å². The van der Waals surface area contributed by atoms with Crippen molar-refractivity contribution in [2.45, 2.75) is 26.3 Å². The predicted molar refractivity (Wildman–Crippen MR) is 82.5 cm³/mol. The molecular formula is C14H15ClN4S. The van der Waals surface area contributed by atoms with Gasteiger partial charge in [-0.3, -0.25) is 0 Å². The third kappa shape index (κ3) is 2.55. The van der Waals surface area contributed by atoms with E-state index >= 15 is 0 Å². The molecule has 0 unspecified atom stereocenters. The molecule has 20 heavy (non-hydrogen) atoms. The summed E-state index contributed by atoms with van der Waals surface area (Å²) in [4.78, 5) is 13.5. The molecule has 3 rings (SSSR count). The third-order valence-corrected chi connectivity index (χ3v) is 4.13. The van der Waals surface area contributed by atoms with Gasteiger partial charge in [0.05, 0.1) is 11.2 Å². The van der Waals surface area contributed by atoms with Crippen molar-refractivity contribution in [2.24, 2.45) is 0 Å². The lowest BCUT2D eigenvalue weighted by Crippen LogP contribution is -2.07. The van der Waals surface area contributed by atoms with Gasteiger partial charge in [-0.2, -0.15) is 0 Å². The number of fused-ring (bicyclic) bond motifs is 1. The molecule has 0 aliphatic heterocycles. The Balaban J connectivity index is 1.98. The second-order valence-corrected chi connectivity index (χ2v) is 5.75. The molecule has 0 bridgehead atoms. The maximum Gasteiger partial charge on any atom is 0.160 e. The van der Waals surface area contributed by atoms with Crippen LogP contribution in [-0.2, 0) is 19.4 Å². The zero-order valence-corrected chi connectivity index (χ0v) is 12.8. The minimum atomic E-state index is 0.569. The van der Waals surface area contributed by atoms with Crippen LogP contribution in [0, 0.1) is 6.92 Å². The number of aromatic nitrogens is 4. The highest BCUT2D eigenvalue weighted by molar-refractivity contribution is 7.07. The molecule has 0 saturated heterocycles. The number of hydrogen-bond acceptors (Lipinski definition) is 4. The van der Waals surface area contributed by atoms with Gasteiger partial charge >= 0.3 is 0 Å². The van der Waals surface area contributed by atoms with Crippen molar-refractivity contribution >= 4 is 34.1 Å². The minimum Gasteiger partial charge on any atom is -0.312 e. The number of halogens is 1. The van der Waals surface area contributed by atoms with Gasteiger partial charge in [0, 0.05) is 36.8 Å². The summed E-state index contributed by atoms with van der Waals surface area (Å²) >= 11 is 7.52. The molecule has 0 amide bonds. The van der Waals surface area contributed by atoms with E-state index in [0.717, 1.165) is 47.6 Å². The lowest BCUT2D eigenvalue weighted by Gasteiger charge is -2.06. The van der Waals surface area contributed by atoms with E-state index in [-0.39, 0.29) is 0 Å². The number of hydrogen-bond donors (Lipinski definition) is 0. The summed E-state index contributed by atoms with van der Waals surface area (Å²) in [5, 5.41) is 2.08. The van der Waals surface area contributed by atoms with Gasteiger partial charge in [-0.25, -0.2) is 15.0 Å². The lowest BCUT2D eigenvalue weighted by atomic mass is 10.3. The second-order valence-electron chi connectivity index (χ2n) is 4.65. The molecule has 0 fully saturated rings. The average Bonchev–Trinajstić information content (AvgIpc) is 3.05. The van der Waals surface area contributed by atoms with Crippen LogP contribution in [0.1, 0.15) is 17.1 Å². The van der Waals surface area contributed by atoms with Gasteiger partial charge < -0.3 is 4.57 Å². The van der Waals surface area contributed by atoms with Gasteiger partial charge in [0.25, 0.3) is 0 Å². The van der Waals surface area contributed by atoms with Crippen molar-refractivity contribution in [3.05, 3.63) is 40.2 Å². The predicted octanol–water partition coefficient (Wildman–Crippen LogP) is 3.22. The Morgan fingerprint density at radius 3 is 2.95 bits per heavy atom. The summed E-state index contributed by atoms with van der Waals surface area (Å²) in [6, 6.07) is 1.99. The zero-order valence-electron chi connectivity index (χ0n) is 11.2. The average molecular weight is 307 g/mol. The molecule has 0 spiro atoms. The quantitative estimate of drug-likeness (QED) is 0.680. The van der Waals surface area contributed by atoms with Crippen LogP contribution in [0.25, 0.3) is 11.2 Å². The number of imidazole rings is 1. The number of rotatable bonds is 5. The number of nitrogens with zero attached hydrogens (tertiary/aromatic N) is 4. The molecule has 0 atom stereocenters. The smallest absolute Gasteiger partial charge is 0.160 e. The van der Waals surface area contributed by atoms with Crippen molar-refractivity contribution in [3.63, 3.8) is 0 Å². The molecule has 3 aromatic rings. The molecule has 0 aliphatic rings. The van der Waals surface area contributed by atoms with E-state index in [1.165, 1.54) is 0 Å². The Morgan fingerprint density at radius 1 is 1.30 bits per heavy atom. The van der Waals surface area contributed by atoms with Crippen LogP contribution in [-0.4, -0.2) is 25.4 Å². The fraction of sp³-hybridized carbons (Fsp3) is 0.357. The highest BCUT2D eigenvalue weighted by Crippen LogP contribution is 2.19. The number of pyridine rings is 1. The van der Waals surface area contributed by atoms with Crippen LogP contribution >= 0.6 is 22.9 Å². The molecule has 0 saturated carbocycles. The second kappa shape index (κ2) is 5.89. The van der Waals surface area contributed by atoms with E-state index in [0.29, 0.717) is 5.88 Å². The Hall–Kier alpha value is -1.46. The van der Waals surface area contributed by atoms with E-state index in [4.69, 9.17) is 16.6 Å². The van der Waals surface area contributed by atoms with Crippen molar-refractivity contribution in [1.82, 2.24) is 19.5 Å². The minimum absolute atomic E-state index is 0.569. The fourth-order valence-corrected chi connectivity index (χ4v) is 3.04. The summed E-state index contributed by atoms with van der Waals surface area (Å²) in [5.41, 5.74) is 6.05. The summed E-state index contributed by atoms with van der Waals surface area (Å²) < 4.78 is 2.17. The first-order valence-electron chi connectivity index (χ1n) is 6.53. The first-order chi connectivity index (χ1) is 9.79. The lowest BCUT2D eigenvalue weighted by molar-refractivity contribution is 0.663. The van der Waals surface area contributed by atoms with Gasteiger partial charge in [0.2, 0.25) is 0 Å². The topological polar surface area (TPSA) is 43.6 Å². The normalized spacial score (nSPS) is 11.3. The van der Waals surface area contributed by atoms with Crippen molar-refractivity contribution in [2.75, 3.05) is 5.88 Å². The van der Waals surface area contributed by atoms with E-state index in [1.807, 2.05) is 17.8 Å². The largest absolute Gasteiger partial charge is 0.312 e. The molecule has 4 nitrogen and oxygen atoms in total. The Labute approximate surface area is 126 Å². The van der Waals surface area contributed by atoms with Crippen LogP contribution in [0.5, 0.6) is 0 Å². The molecule has 0 aliphatic carbocycles. The van der Waals surface area contributed by atoms with E-state index in [9.17, 15) is 0 Å². The van der Waals surface area contributed by atoms with Gasteiger partial charge in [-0.1, -0.05) is 0 Å². The maximum atomic E-state index is 5.89. The first-order valence-corrected chi connectivity index (χ1v) is 8.01. The molecule has 0 N–H and O–H groups in total. The molecule has 0 radical (unpaired) electrons. The highest BCUT2D eigenvalue weighted by Gasteiger charge is 2.13. The first kappa shape index (κ1) is 13.5. The van der Waals surface area contributed by atoms with Crippen LogP contribution in [0.15, 0.2) is 23.2 Å². The molecule has 6 heteroatoms. The molecule has 104 valence electrons. The summed E-state index contributed by atoms with van der Waals surface area (Å²) in [6.07, 6.45) is 3.48. The van der Waals surface area contributed by atoms with E-state index in [1.54, 1.807) is 11.3 Å². The summed E-state index contributed by atoms with van der Waals surface area (Å²) in [6.45, 7) is 2.90. The van der Waals surface area contributed by atoms with Crippen LogP contribution in [0.3, 0.4) is 0 Å². The molecule has 0 aromatic carbocycles.